The van der Waals surface area contributed by atoms with Crippen molar-refractivity contribution in [3.8, 4) is 0 Å². The number of benzene rings is 2. The number of hydrogen-bond acceptors (Lipinski definition) is 4. The molecule has 2 fully saturated rings. The first-order chi connectivity index (χ1) is 14.9. The van der Waals surface area contributed by atoms with E-state index in [-0.39, 0.29) is 16.2 Å². The van der Waals surface area contributed by atoms with Gasteiger partial charge in [-0.15, -0.1) is 0 Å². The third-order valence-corrected chi connectivity index (χ3v) is 7.80. The molecule has 1 heterocycles. The Labute approximate surface area is 188 Å². The zero-order valence-electron chi connectivity index (χ0n) is 17.3. The molecular formula is C23H27ClN2O4S. The highest BCUT2D eigenvalue weighted by Crippen LogP contribution is 2.35. The highest BCUT2D eigenvalue weighted by atomic mass is 35.5. The Kier molecular flexibility index (Phi) is 6.67. The van der Waals surface area contributed by atoms with E-state index in [9.17, 15) is 13.2 Å². The molecule has 2 aromatic rings. The fraction of sp³-hybridized carbons (Fsp3) is 0.435. The number of amides is 1. The maximum Gasteiger partial charge on any atom is 0.251 e. The average molecular weight is 463 g/mol. The van der Waals surface area contributed by atoms with Gasteiger partial charge in [-0.05, 0) is 67.5 Å². The summed E-state index contributed by atoms with van der Waals surface area (Å²) in [5, 5.41) is 3.67. The number of carbonyl (C=O) groups excluding carboxylic acids is 1. The summed E-state index contributed by atoms with van der Waals surface area (Å²) in [6.45, 7) is 2.10. The van der Waals surface area contributed by atoms with E-state index in [1.54, 1.807) is 12.1 Å². The van der Waals surface area contributed by atoms with Crippen LogP contribution in [0, 0.1) is 5.92 Å². The van der Waals surface area contributed by atoms with Crippen molar-refractivity contribution in [1.29, 1.82) is 0 Å². The van der Waals surface area contributed by atoms with E-state index >= 15 is 0 Å². The topological polar surface area (TPSA) is 84.5 Å². The Morgan fingerprint density at radius 3 is 2.55 bits per heavy atom. The van der Waals surface area contributed by atoms with E-state index in [0.29, 0.717) is 42.8 Å². The Morgan fingerprint density at radius 1 is 1.10 bits per heavy atom. The van der Waals surface area contributed by atoms with E-state index in [4.69, 9.17) is 16.3 Å². The van der Waals surface area contributed by atoms with Crippen molar-refractivity contribution < 1.29 is 17.9 Å². The van der Waals surface area contributed by atoms with Crippen molar-refractivity contribution in [3.05, 3.63) is 64.7 Å². The molecular weight excluding hydrogens is 436 g/mol. The van der Waals surface area contributed by atoms with Crippen molar-refractivity contribution in [2.75, 3.05) is 26.3 Å². The van der Waals surface area contributed by atoms with Crippen LogP contribution in [0.3, 0.4) is 0 Å². The molecule has 0 atom stereocenters. The quantitative estimate of drug-likeness (QED) is 0.628. The molecule has 0 spiro atoms. The van der Waals surface area contributed by atoms with E-state index in [0.717, 1.165) is 31.2 Å². The molecule has 2 aliphatic rings. The van der Waals surface area contributed by atoms with Gasteiger partial charge in [-0.2, -0.15) is 0 Å². The van der Waals surface area contributed by atoms with Gasteiger partial charge in [0, 0.05) is 42.3 Å². The van der Waals surface area contributed by atoms with Crippen LogP contribution in [-0.4, -0.2) is 40.6 Å². The molecule has 166 valence electrons. The van der Waals surface area contributed by atoms with E-state index in [1.807, 2.05) is 24.3 Å². The van der Waals surface area contributed by atoms with Crippen molar-refractivity contribution in [2.45, 2.75) is 36.0 Å². The zero-order valence-corrected chi connectivity index (χ0v) is 18.8. The maximum atomic E-state index is 12.9. The second kappa shape index (κ2) is 9.28. The molecule has 1 saturated carbocycles. The van der Waals surface area contributed by atoms with Gasteiger partial charge in [0.05, 0.1) is 4.90 Å². The van der Waals surface area contributed by atoms with Crippen LogP contribution >= 0.6 is 11.6 Å². The molecule has 6 nitrogen and oxygen atoms in total. The van der Waals surface area contributed by atoms with E-state index in [1.165, 1.54) is 12.1 Å². The summed E-state index contributed by atoms with van der Waals surface area (Å²) in [6.07, 6.45) is 3.66. The molecule has 4 rings (SSSR count). The van der Waals surface area contributed by atoms with Gasteiger partial charge in [-0.1, -0.05) is 29.8 Å². The van der Waals surface area contributed by atoms with Crippen LogP contribution in [0.4, 0.5) is 0 Å². The average Bonchev–Trinajstić information content (AvgIpc) is 3.62. The third-order valence-electron chi connectivity index (χ3n) is 6.14. The number of ether oxygens (including phenoxy) is 1. The number of rotatable bonds is 8. The van der Waals surface area contributed by atoms with Crippen molar-refractivity contribution in [2.24, 2.45) is 5.92 Å². The highest BCUT2D eigenvalue weighted by Gasteiger charge is 2.35. The van der Waals surface area contributed by atoms with Crippen molar-refractivity contribution in [1.82, 2.24) is 10.0 Å². The summed E-state index contributed by atoms with van der Waals surface area (Å²) >= 11 is 6.21. The van der Waals surface area contributed by atoms with Gasteiger partial charge in [-0.3, -0.25) is 4.79 Å². The van der Waals surface area contributed by atoms with E-state index in [2.05, 4.69) is 10.0 Å². The molecule has 0 bridgehead atoms. The van der Waals surface area contributed by atoms with Gasteiger partial charge < -0.3 is 10.1 Å². The second-order valence-corrected chi connectivity index (χ2v) is 10.6. The number of carbonyl (C=O) groups is 1. The first-order valence-electron chi connectivity index (χ1n) is 10.6. The van der Waals surface area contributed by atoms with Crippen LogP contribution in [0.2, 0.25) is 5.02 Å². The SMILES string of the molecule is O=C(NCC1(c2cccc(Cl)c2)CCOCC1)c1cccc(S(=O)(=O)NCC2CC2)c1. The molecule has 31 heavy (non-hydrogen) atoms. The summed E-state index contributed by atoms with van der Waals surface area (Å²) in [4.78, 5) is 13.0. The summed E-state index contributed by atoms with van der Waals surface area (Å²) < 4.78 is 33.3. The normalized spacial score (nSPS) is 18.5. The van der Waals surface area contributed by atoms with Crippen molar-refractivity contribution >= 4 is 27.5 Å². The van der Waals surface area contributed by atoms with Crippen molar-refractivity contribution in [3.63, 3.8) is 0 Å². The van der Waals surface area contributed by atoms with Gasteiger partial charge in [0.15, 0.2) is 0 Å². The van der Waals surface area contributed by atoms with Gasteiger partial charge in [-0.25, -0.2) is 13.1 Å². The molecule has 2 aromatic carbocycles. The molecule has 0 unspecified atom stereocenters. The van der Waals surface area contributed by atoms with Gasteiger partial charge in [0.1, 0.15) is 0 Å². The molecule has 2 N–H and O–H groups in total. The fourth-order valence-electron chi connectivity index (χ4n) is 3.94. The molecule has 1 saturated heterocycles. The molecule has 0 aromatic heterocycles. The largest absolute Gasteiger partial charge is 0.381 e. The van der Waals surface area contributed by atoms with Crippen LogP contribution < -0.4 is 10.0 Å². The minimum absolute atomic E-state index is 0.108. The minimum atomic E-state index is -3.63. The fourth-order valence-corrected chi connectivity index (χ4v) is 5.29. The van der Waals surface area contributed by atoms with Gasteiger partial charge in [0.2, 0.25) is 10.0 Å². The number of sulfonamides is 1. The van der Waals surface area contributed by atoms with E-state index < -0.39 is 10.0 Å². The van der Waals surface area contributed by atoms with Crippen LogP contribution in [0.15, 0.2) is 53.4 Å². The Bertz CT molecular complexity index is 1050. The summed E-state index contributed by atoms with van der Waals surface area (Å²) in [5.74, 6) is 0.135. The first-order valence-corrected chi connectivity index (χ1v) is 12.5. The number of halogens is 1. The molecule has 8 heteroatoms. The first kappa shape index (κ1) is 22.3. The van der Waals surface area contributed by atoms with Crippen LogP contribution in [-0.2, 0) is 20.2 Å². The molecule has 1 aliphatic heterocycles. The minimum Gasteiger partial charge on any atom is -0.381 e. The summed E-state index contributed by atoms with van der Waals surface area (Å²) in [5.41, 5.74) is 1.13. The standard InChI is InChI=1S/C23H27ClN2O4S/c24-20-5-2-4-19(14-20)23(9-11-30-12-10-23)16-25-22(27)18-3-1-6-21(13-18)31(28,29)26-15-17-7-8-17/h1-6,13-14,17,26H,7-12,15-16H2,(H,25,27). The molecule has 1 amide bonds. The summed E-state index contributed by atoms with van der Waals surface area (Å²) in [7, 11) is -3.63. The van der Waals surface area contributed by atoms with Crippen LogP contribution in [0.25, 0.3) is 0 Å². The summed E-state index contributed by atoms with van der Waals surface area (Å²) in [6, 6.07) is 13.9. The van der Waals surface area contributed by atoms with Crippen LogP contribution in [0.1, 0.15) is 41.6 Å². The van der Waals surface area contributed by atoms with Gasteiger partial charge >= 0.3 is 0 Å². The predicted octanol–water partition coefficient (Wildman–Crippen LogP) is 3.51. The Morgan fingerprint density at radius 2 is 1.84 bits per heavy atom. The number of nitrogens with one attached hydrogen (secondary N) is 2. The third kappa shape index (κ3) is 5.47. The van der Waals surface area contributed by atoms with Crippen LogP contribution in [0.5, 0.6) is 0 Å². The van der Waals surface area contributed by atoms with Gasteiger partial charge in [0.25, 0.3) is 5.91 Å². The zero-order chi connectivity index (χ0) is 21.9. The predicted molar refractivity (Wildman–Crippen MR) is 120 cm³/mol. The lowest BCUT2D eigenvalue weighted by Gasteiger charge is -2.38. The Balaban J connectivity index is 1.48. The number of hydrogen-bond donors (Lipinski definition) is 2. The smallest absolute Gasteiger partial charge is 0.251 e. The molecule has 1 aliphatic carbocycles. The Hall–Kier alpha value is -1.93. The molecule has 0 radical (unpaired) electrons. The lowest BCUT2D eigenvalue weighted by molar-refractivity contribution is 0.0487. The lowest BCUT2D eigenvalue weighted by Crippen LogP contribution is -2.44. The second-order valence-electron chi connectivity index (χ2n) is 8.41. The highest BCUT2D eigenvalue weighted by molar-refractivity contribution is 7.89. The lowest BCUT2D eigenvalue weighted by atomic mass is 9.74. The maximum absolute atomic E-state index is 12.9. The monoisotopic (exact) mass is 462 g/mol.